The van der Waals surface area contributed by atoms with Crippen molar-refractivity contribution in [2.24, 2.45) is 17.1 Å². The Morgan fingerprint density at radius 2 is 1.88 bits per heavy atom. The fourth-order valence-corrected chi connectivity index (χ4v) is 9.81. The summed E-state index contributed by atoms with van der Waals surface area (Å²) in [6, 6.07) is 6.97. The van der Waals surface area contributed by atoms with Crippen molar-refractivity contribution in [2.75, 3.05) is 13.1 Å². The van der Waals surface area contributed by atoms with Crippen LogP contribution >= 0.6 is 0 Å². The topological polar surface area (TPSA) is 153 Å². The molecule has 4 unspecified atom stereocenters. The molecule has 2 spiro atoms. The van der Waals surface area contributed by atoms with E-state index in [1.807, 2.05) is 42.2 Å². The first-order valence-electron chi connectivity index (χ1n) is 15.0. The highest BCUT2D eigenvalue weighted by atomic mass is 16.5. The Hall–Kier alpha value is -2.21. The zero-order valence-corrected chi connectivity index (χ0v) is 23.2. The molecule has 2 saturated heterocycles. The molecule has 2 saturated carbocycles. The lowest BCUT2D eigenvalue weighted by Crippen LogP contribution is -2.70. The van der Waals surface area contributed by atoms with E-state index in [0.717, 1.165) is 22.8 Å². The van der Waals surface area contributed by atoms with Gasteiger partial charge in [0.1, 0.15) is 29.5 Å². The molecular weight excluding hydrogens is 522 g/mol. The van der Waals surface area contributed by atoms with E-state index >= 15 is 0 Å². The fourth-order valence-electron chi connectivity index (χ4n) is 9.81. The van der Waals surface area contributed by atoms with Crippen molar-refractivity contribution in [1.82, 2.24) is 9.88 Å². The Morgan fingerprint density at radius 1 is 1.07 bits per heavy atom. The van der Waals surface area contributed by atoms with Gasteiger partial charge in [0, 0.05) is 48.2 Å². The number of aromatic nitrogens is 1. The SMILES string of the molecule is C[C@]12CC=C3C=C4C(O)C(O)[C@@H](N5CC[C@@H](N)C5)C(O)[C@]45CCC3(O5)[C@@H]1C[C@@H](O)[C@]2(O)c1ccc2ccncc2c1. The molecule has 2 bridgehead atoms. The molecule has 1 aromatic carbocycles. The standard InChI is InChI=1S/C32H39N3O6/c1-29-7-4-19-13-22-26(37)27(38)25(35-11-6-21(33)16-35)28(39)31(22)9-8-30(19,41-31)23(29)14-24(36)32(29,40)20-3-2-17-5-10-34-15-18(17)12-20/h2-5,10,12-13,15,21,23-28,36-40H,6-9,11,14,16,33H2,1H3/t21-,23-,24-,25-,26?,27?,28?,29+,30?,31+,32-/m1/s1. The highest BCUT2D eigenvalue weighted by Gasteiger charge is 2.75. The first-order valence-corrected chi connectivity index (χ1v) is 15.0. The van der Waals surface area contributed by atoms with Crippen LogP contribution in [0.3, 0.4) is 0 Å². The lowest BCUT2D eigenvalue weighted by atomic mass is 9.56. The highest BCUT2D eigenvalue weighted by Crippen LogP contribution is 2.70. The number of aliphatic hydroxyl groups excluding tert-OH is 4. The fraction of sp³-hybridized carbons (Fsp3) is 0.594. The van der Waals surface area contributed by atoms with Crippen molar-refractivity contribution >= 4 is 10.8 Å². The number of likely N-dealkylation sites (tertiary alicyclic amines) is 1. The number of benzene rings is 1. The normalized spacial score (nSPS) is 48.9. The monoisotopic (exact) mass is 561 g/mol. The molecule has 8 rings (SSSR count). The predicted octanol–water partition coefficient (Wildman–Crippen LogP) is 0.866. The summed E-state index contributed by atoms with van der Waals surface area (Å²) >= 11 is 0. The maximum Gasteiger partial charge on any atom is 0.121 e. The molecule has 7 N–H and O–H groups in total. The van der Waals surface area contributed by atoms with Gasteiger partial charge in [-0.05, 0) is 66.3 Å². The molecule has 9 nitrogen and oxygen atoms in total. The molecule has 41 heavy (non-hydrogen) atoms. The van der Waals surface area contributed by atoms with Gasteiger partial charge in [-0.2, -0.15) is 0 Å². The molecule has 0 amide bonds. The second-order valence-corrected chi connectivity index (χ2v) is 13.7. The Balaban J connectivity index is 1.22. The predicted molar refractivity (Wildman–Crippen MR) is 150 cm³/mol. The first-order chi connectivity index (χ1) is 19.5. The van der Waals surface area contributed by atoms with E-state index < -0.39 is 52.7 Å². The quantitative estimate of drug-likeness (QED) is 0.314. The van der Waals surface area contributed by atoms with Gasteiger partial charge in [-0.25, -0.2) is 0 Å². The van der Waals surface area contributed by atoms with Gasteiger partial charge in [-0.15, -0.1) is 0 Å². The van der Waals surface area contributed by atoms with Gasteiger partial charge < -0.3 is 36.0 Å². The van der Waals surface area contributed by atoms with Gasteiger partial charge in [0.2, 0.25) is 0 Å². The molecule has 3 aliphatic heterocycles. The summed E-state index contributed by atoms with van der Waals surface area (Å²) in [6.45, 7) is 3.22. The Morgan fingerprint density at radius 3 is 2.66 bits per heavy atom. The molecule has 218 valence electrons. The average molecular weight is 562 g/mol. The van der Waals surface area contributed by atoms with Crippen LogP contribution in [0.5, 0.6) is 0 Å². The van der Waals surface area contributed by atoms with Crippen molar-refractivity contribution < 1.29 is 30.3 Å². The van der Waals surface area contributed by atoms with Crippen LogP contribution in [0.25, 0.3) is 10.8 Å². The molecule has 11 atom stereocenters. The number of ether oxygens (including phenoxy) is 1. The third-order valence-corrected chi connectivity index (χ3v) is 12.0. The number of fused-ring (bicyclic) bond motifs is 2. The molecule has 6 aliphatic rings. The molecule has 0 radical (unpaired) electrons. The van der Waals surface area contributed by atoms with Crippen LogP contribution in [0.15, 0.2) is 60.0 Å². The number of hydrogen-bond donors (Lipinski definition) is 6. The van der Waals surface area contributed by atoms with E-state index in [-0.39, 0.29) is 12.0 Å². The van der Waals surface area contributed by atoms with Crippen LogP contribution in [0.1, 0.15) is 44.6 Å². The molecule has 1 aromatic heterocycles. The van der Waals surface area contributed by atoms with Crippen LogP contribution < -0.4 is 5.73 Å². The first kappa shape index (κ1) is 26.4. The Bertz CT molecular complexity index is 1500. The summed E-state index contributed by atoms with van der Waals surface area (Å²) < 4.78 is 7.11. The summed E-state index contributed by atoms with van der Waals surface area (Å²) in [5.41, 5.74) is 3.97. The Labute approximate surface area is 238 Å². The Kier molecular flexibility index (Phi) is 5.45. The number of nitrogens with zero attached hydrogens (tertiary/aromatic N) is 2. The lowest BCUT2D eigenvalue weighted by Gasteiger charge is -2.58. The second-order valence-electron chi connectivity index (χ2n) is 13.7. The molecule has 9 heteroatoms. The van der Waals surface area contributed by atoms with Crippen LogP contribution in [0, 0.1) is 11.3 Å². The molecule has 4 heterocycles. The smallest absolute Gasteiger partial charge is 0.121 e. The van der Waals surface area contributed by atoms with Gasteiger partial charge in [0.25, 0.3) is 0 Å². The van der Waals surface area contributed by atoms with Crippen LogP contribution in [-0.2, 0) is 10.3 Å². The molecular formula is C32H39N3O6. The number of aliphatic hydroxyl groups is 5. The van der Waals surface area contributed by atoms with Gasteiger partial charge in [0.15, 0.2) is 0 Å². The van der Waals surface area contributed by atoms with E-state index in [9.17, 15) is 25.5 Å². The molecule has 2 aromatic rings. The van der Waals surface area contributed by atoms with Crippen molar-refractivity contribution in [3.05, 3.63) is 65.5 Å². The van der Waals surface area contributed by atoms with Crippen molar-refractivity contribution in [3.63, 3.8) is 0 Å². The number of nitrogens with two attached hydrogens (primary N) is 1. The minimum Gasteiger partial charge on any atom is -0.390 e. The van der Waals surface area contributed by atoms with E-state index in [4.69, 9.17) is 10.5 Å². The van der Waals surface area contributed by atoms with Crippen molar-refractivity contribution in [3.8, 4) is 0 Å². The highest BCUT2D eigenvalue weighted by molar-refractivity contribution is 5.82. The number of allylic oxidation sites excluding steroid dienone is 1. The zero-order valence-electron chi connectivity index (χ0n) is 23.2. The van der Waals surface area contributed by atoms with Gasteiger partial charge in [-0.3, -0.25) is 9.88 Å². The summed E-state index contributed by atoms with van der Waals surface area (Å²) in [7, 11) is 0. The minimum atomic E-state index is -1.53. The minimum absolute atomic E-state index is 0.0414. The van der Waals surface area contributed by atoms with E-state index in [2.05, 4.69) is 11.1 Å². The number of pyridine rings is 1. The van der Waals surface area contributed by atoms with Gasteiger partial charge >= 0.3 is 0 Å². The zero-order chi connectivity index (χ0) is 28.5. The van der Waals surface area contributed by atoms with Crippen LogP contribution in [0.4, 0.5) is 0 Å². The summed E-state index contributed by atoms with van der Waals surface area (Å²) in [5.74, 6) is -0.244. The van der Waals surface area contributed by atoms with E-state index in [1.165, 1.54) is 0 Å². The largest absolute Gasteiger partial charge is 0.390 e. The third-order valence-electron chi connectivity index (χ3n) is 12.0. The summed E-state index contributed by atoms with van der Waals surface area (Å²) in [4.78, 5) is 6.24. The lowest BCUT2D eigenvalue weighted by molar-refractivity contribution is -0.222. The summed E-state index contributed by atoms with van der Waals surface area (Å²) in [5, 5.41) is 60.7. The van der Waals surface area contributed by atoms with Crippen molar-refractivity contribution in [2.45, 2.75) is 92.3 Å². The van der Waals surface area contributed by atoms with Crippen molar-refractivity contribution in [1.29, 1.82) is 0 Å². The van der Waals surface area contributed by atoms with E-state index in [0.29, 0.717) is 49.9 Å². The number of rotatable bonds is 2. The molecule has 3 aliphatic carbocycles. The maximum atomic E-state index is 12.5. The maximum absolute atomic E-state index is 12.5. The third kappa shape index (κ3) is 3.11. The van der Waals surface area contributed by atoms with E-state index in [1.54, 1.807) is 12.4 Å². The molecule has 4 fully saturated rings. The van der Waals surface area contributed by atoms with Gasteiger partial charge in [0.05, 0.1) is 17.7 Å². The second kappa shape index (κ2) is 8.45. The van der Waals surface area contributed by atoms with Crippen LogP contribution in [-0.4, -0.2) is 96.2 Å². The summed E-state index contributed by atoms with van der Waals surface area (Å²) in [6.07, 6.45) is 5.73. The average Bonchev–Trinajstić information content (AvgIpc) is 3.60. The number of hydrogen-bond acceptors (Lipinski definition) is 9. The van der Waals surface area contributed by atoms with Gasteiger partial charge in [-0.1, -0.05) is 31.2 Å². The van der Waals surface area contributed by atoms with Crippen LogP contribution in [0.2, 0.25) is 0 Å².